The SMILES string of the molecule is CCc1cc(F)c(NC(=O)Nc2ccc3c(c2)N(C2(N4CCCC(NC(=O)CCCc5ccccc5)C4)[N]CCC2NC(=O)C2CC4(O)CCC2C4)CC3)c(F)c1. The van der Waals surface area contributed by atoms with Crippen LogP contribution in [-0.2, 0) is 28.9 Å². The van der Waals surface area contributed by atoms with Gasteiger partial charge in [-0.1, -0.05) is 43.3 Å². The number of hydrogen-bond donors (Lipinski definition) is 5. The highest BCUT2D eigenvalue weighted by atomic mass is 19.1. The van der Waals surface area contributed by atoms with E-state index >= 15 is 0 Å². The Morgan fingerprint density at radius 1 is 0.930 bits per heavy atom. The van der Waals surface area contributed by atoms with E-state index < -0.39 is 34.7 Å². The van der Waals surface area contributed by atoms with Crippen LogP contribution in [0.4, 0.5) is 30.6 Å². The third-order valence-electron chi connectivity index (χ3n) is 13.0. The molecule has 2 bridgehead atoms. The van der Waals surface area contributed by atoms with Crippen molar-refractivity contribution in [2.24, 2.45) is 11.8 Å². The summed E-state index contributed by atoms with van der Waals surface area (Å²) in [6.45, 7) is 4.19. The molecule has 4 amide bonds. The van der Waals surface area contributed by atoms with Gasteiger partial charge in [0.1, 0.15) is 17.3 Å². The van der Waals surface area contributed by atoms with Crippen LogP contribution in [0.5, 0.6) is 0 Å². The number of hydrogen-bond acceptors (Lipinski definition) is 6. The maximum Gasteiger partial charge on any atom is 0.323 e. The Kier molecular flexibility index (Phi) is 11.3. The first-order valence-electron chi connectivity index (χ1n) is 20.8. The third kappa shape index (κ3) is 8.11. The Morgan fingerprint density at radius 2 is 1.74 bits per heavy atom. The van der Waals surface area contributed by atoms with Gasteiger partial charge in [-0.15, -0.1) is 0 Å². The first-order valence-corrected chi connectivity index (χ1v) is 20.8. The summed E-state index contributed by atoms with van der Waals surface area (Å²) >= 11 is 0. The van der Waals surface area contributed by atoms with Crippen LogP contribution in [-0.4, -0.2) is 77.5 Å². The number of carbonyl (C=O) groups excluding carboxylic acids is 3. The number of aryl methyl sites for hydroxylation is 2. The lowest BCUT2D eigenvalue weighted by molar-refractivity contribution is -0.129. The lowest BCUT2D eigenvalue weighted by Gasteiger charge is -2.53. The number of piperidine rings is 1. The van der Waals surface area contributed by atoms with Crippen molar-refractivity contribution >= 4 is 34.9 Å². The molecule has 3 aromatic carbocycles. The minimum atomic E-state index is -0.972. The molecule has 0 aromatic heterocycles. The molecule has 6 atom stereocenters. The Labute approximate surface area is 333 Å². The number of anilines is 3. The number of benzene rings is 3. The molecule has 2 saturated carbocycles. The number of aliphatic hydroxyl groups is 1. The third-order valence-corrected chi connectivity index (χ3v) is 13.0. The summed E-state index contributed by atoms with van der Waals surface area (Å²) in [7, 11) is 0. The summed E-state index contributed by atoms with van der Waals surface area (Å²) in [5.41, 5.74) is 2.76. The number of likely N-dealkylation sites (tertiary alicyclic amines) is 1. The molecule has 0 spiro atoms. The fourth-order valence-electron chi connectivity index (χ4n) is 10.2. The molecule has 6 unspecified atom stereocenters. The lowest BCUT2D eigenvalue weighted by atomic mass is 9.86. The highest BCUT2D eigenvalue weighted by Crippen LogP contribution is 2.51. The number of halogens is 2. The Morgan fingerprint density at radius 3 is 2.47 bits per heavy atom. The second-order valence-electron chi connectivity index (χ2n) is 16.8. The number of urea groups is 1. The van der Waals surface area contributed by atoms with Crippen molar-refractivity contribution in [3.63, 3.8) is 0 Å². The number of amides is 4. The van der Waals surface area contributed by atoms with Gasteiger partial charge in [-0.2, -0.15) is 5.32 Å². The van der Waals surface area contributed by atoms with E-state index in [1.807, 2.05) is 30.3 Å². The number of fused-ring (bicyclic) bond motifs is 3. The molecule has 3 aliphatic heterocycles. The quantitative estimate of drug-likeness (QED) is 0.157. The van der Waals surface area contributed by atoms with E-state index in [4.69, 9.17) is 5.32 Å². The molecule has 57 heavy (non-hydrogen) atoms. The van der Waals surface area contributed by atoms with Crippen molar-refractivity contribution in [2.45, 2.75) is 107 Å². The van der Waals surface area contributed by atoms with Gasteiger partial charge in [0, 0.05) is 55.9 Å². The topological polar surface area (TPSA) is 140 Å². The van der Waals surface area contributed by atoms with Gasteiger partial charge in [-0.25, -0.2) is 13.6 Å². The summed E-state index contributed by atoms with van der Waals surface area (Å²) < 4.78 is 29.5. The molecule has 4 fully saturated rings. The Balaban J connectivity index is 1.03. The summed E-state index contributed by atoms with van der Waals surface area (Å²) in [4.78, 5) is 45.1. The zero-order valence-electron chi connectivity index (χ0n) is 32.7. The van der Waals surface area contributed by atoms with E-state index in [-0.39, 0.29) is 35.7 Å². The highest BCUT2D eigenvalue weighted by Gasteiger charge is 2.58. The van der Waals surface area contributed by atoms with Gasteiger partial charge in [0.25, 0.3) is 0 Å². The molecule has 1 radical (unpaired) electrons. The molecule has 303 valence electrons. The zero-order chi connectivity index (χ0) is 39.7. The zero-order valence-corrected chi connectivity index (χ0v) is 32.7. The molecule has 3 aromatic rings. The largest absolute Gasteiger partial charge is 0.390 e. The average Bonchev–Trinajstić information content (AvgIpc) is 3.99. The van der Waals surface area contributed by atoms with Crippen molar-refractivity contribution in [3.05, 3.63) is 89.0 Å². The predicted molar refractivity (Wildman–Crippen MR) is 215 cm³/mol. The maximum atomic E-state index is 14.8. The average molecular weight is 783 g/mol. The molecular weight excluding hydrogens is 729 g/mol. The van der Waals surface area contributed by atoms with Crippen LogP contribution in [0, 0.1) is 23.5 Å². The van der Waals surface area contributed by atoms with E-state index in [1.165, 1.54) is 17.7 Å². The molecule has 5 aliphatic rings. The monoisotopic (exact) mass is 782 g/mol. The number of carbonyl (C=O) groups is 3. The maximum absolute atomic E-state index is 14.8. The molecule has 3 heterocycles. The van der Waals surface area contributed by atoms with Crippen molar-refractivity contribution in [2.75, 3.05) is 41.7 Å². The summed E-state index contributed by atoms with van der Waals surface area (Å²) in [5, 5.41) is 28.2. The fraction of sp³-hybridized carbons (Fsp3) is 0.523. The Hall–Kier alpha value is -4.59. The van der Waals surface area contributed by atoms with Gasteiger partial charge in [-0.05, 0) is 118 Å². The molecule has 13 heteroatoms. The summed E-state index contributed by atoms with van der Waals surface area (Å²) in [5.74, 6) is -2.76. The smallest absolute Gasteiger partial charge is 0.323 e. The van der Waals surface area contributed by atoms with E-state index in [2.05, 4.69) is 43.2 Å². The van der Waals surface area contributed by atoms with Crippen LogP contribution in [0.2, 0.25) is 0 Å². The first-order chi connectivity index (χ1) is 27.5. The van der Waals surface area contributed by atoms with Crippen LogP contribution < -0.4 is 31.5 Å². The molecule has 2 aliphatic carbocycles. The van der Waals surface area contributed by atoms with Crippen LogP contribution in [0.3, 0.4) is 0 Å². The van der Waals surface area contributed by atoms with E-state index in [0.717, 1.165) is 49.8 Å². The van der Waals surface area contributed by atoms with Gasteiger partial charge in [0.2, 0.25) is 11.8 Å². The summed E-state index contributed by atoms with van der Waals surface area (Å²) in [6.07, 6.45) is 8.21. The van der Waals surface area contributed by atoms with Crippen LogP contribution >= 0.6 is 0 Å². The normalized spacial score (nSPS) is 28.0. The van der Waals surface area contributed by atoms with Crippen molar-refractivity contribution in [1.82, 2.24) is 20.9 Å². The number of nitrogens with one attached hydrogen (secondary N) is 4. The lowest BCUT2D eigenvalue weighted by Crippen LogP contribution is -2.74. The minimum absolute atomic E-state index is 0.0239. The molecular formula is C44H54F2N7O4. The molecule has 8 rings (SSSR count). The minimum Gasteiger partial charge on any atom is -0.390 e. The highest BCUT2D eigenvalue weighted by molar-refractivity contribution is 6.00. The van der Waals surface area contributed by atoms with E-state index in [0.29, 0.717) is 76.0 Å². The van der Waals surface area contributed by atoms with Crippen molar-refractivity contribution < 1.29 is 28.3 Å². The predicted octanol–water partition coefficient (Wildman–Crippen LogP) is 5.84. The van der Waals surface area contributed by atoms with Gasteiger partial charge in [-0.3, -0.25) is 14.5 Å². The van der Waals surface area contributed by atoms with E-state index in [1.54, 1.807) is 13.0 Å². The fourth-order valence-corrected chi connectivity index (χ4v) is 10.2. The molecule has 2 saturated heterocycles. The van der Waals surface area contributed by atoms with Crippen LogP contribution in [0.25, 0.3) is 0 Å². The van der Waals surface area contributed by atoms with Gasteiger partial charge >= 0.3 is 6.03 Å². The number of rotatable bonds is 12. The number of nitrogens with zero attached hydrogens (tertiary/aromatic N) is 3. The Bertz CT molecular complexity index is 1960. The summed E-state index contributed by atoms with van der Waals surface area (Å²) in [6, 6.07) is 16.9. The molecule has 5 N–H and O–H groups in total. The van der Waals surface area contributed by atoms with Gasteiger partial charge in [0.05, 0.1) is 11.6 Å². The first kappa shape index (κ1) is 39.2. The molecule has 11 nitrogen and oxygen atoms in total. The van der Waals surface area contributed by atoms with E-state index in [9.17, 15) is 28.3 Å². The standard InChI is InChI=1S/C44H54F2N7O4/c1-2-28-22-35(45)40(36(46)23-28)51-42(56)49-32-14-13-30-17-21-53(37(30)24-32)44(38(16-19-47-44)50-41(55)34-26-43(57)18-15-31(34)25-43)52-20-7-11-33(27-52)48-39(54)12-6-10-29-8-4-3-5-9-29/h3-5,8-9,13-14,22-24,31,33-34,38,57H,2,6-7,10-12,15-21,25-27H2,1H3,(H,48,54)(H,50,55)(H2,49,51,56). The van der Waals surface area contributed by atoms with Gasteiger partial charge in [0.15, 0.2) is 5.79 Å². The van der Waals surface area contributed by atoms with Crippen LogP contribution in [0.1, 0.15) is 81.4 Å². The second kappa shape index (κ2) is 16.3. The van der Waals surface area contributed by atoms with Crippen molar-refractivity contribution in [1.29, 1.82) is 0 Å². The van der Waals surface area contributed by atoms with Gasteiger partial charge < -0.3 is 31.3 Å². The van der Waals surface area contributed by atoms with Crippen molar-refractivity contribution in [3.8, 4) is 0 Å². The van der Waals surface area contributed by atoms with Crippen LogP contribution in [0.15, 0.2) is 60.7 Å². The second-order valence-corrected chi connectivity index (χ2v) is 16.8.